The van der Waals surface area contributed by atoms with Gasteiger partial charge in [0.2, 0.25) is 0 Å². The van der Waals surface area contributed by atoms with Gasteiger partial charge in [0.15, 0.2) is 0 Å². The molecule has 0 atom stereocenters. The molecule has 0 radical (unpaired) electrons. The van der Waals surface area contributed by atoms with Gasteiger partial charge in [-0.3, -0.25) is 0 Å². The molecule has 6 rings (SSSR count). The minimum Gasteiger partial charge on any atom is -0.375 e. The lowest BCUT2D eigenvalue weighted by atomic mass is 9.87. The van der Waals surface area contributed by atoms with Crippen LogP contribution in [0, 0.1) is 0 Å². The number of ether oxygens (including phenoxy) is 2. The highest BCUT2D eigenvalue weighted by molar-refractivity contribution is 8.01. The quantitative estimate of drug-likeness (QED) is 0.0571. The topological polar surface area (TPSA) is 18.5 Å². The van der Waals surface area contributed by atoms with Crippen molar-refractivity contribution in [2.75, 3.05) is 47.7 Å². The maximum absolute atomic E-state index is 7.50. The van der Waals surface area contributed by atoms with Gasteiger partial charge in [0, 0.05) is 44.7 Å². The fourth-order valence-corrected chi connectivity index (χ4v) is 20.9. The van der Waals surface area contributed by atoms with Crippen LogP contribution in [0.1, 0.15) is 276 Å². The van der Waals surface area contributed by atoms with Gasteiger partial charge in [0.1, 0.15) is 0 Å². The van der Waals surface area contributed by atoms with Crippen LogP contribution in [-0.2, 0) is 9.47 Å². The molecule has 67 heavy (non-hydrogen) atoms. The zero-order valence-corrected chi connectivity index (χ0v) is 48.7. The molecule has 0 bridgehead atoms. The Morgan fingerprint density at radius 3 is 0.597 bits per heavy atom. The molecule has 0 amide bonds. The lowest BCUT2D eigenvalue weighted by Crippen LogP contribution is -2.36. The Hall–Kier alpha value is 2.02. The molecule has 0 heterocycles. The summed E-state index contributed by atoms with van der Waals surface area (Å²) in [6, 6.07) is 0. The van der Waals surface area contributed by atoms with Crippen LogP contribution in [0.2, 0.25) is 0 Å². The standard InChI is InChI=1S/C59H108O2S6/c1-7-26-52(27-8-1)62-46-19-38-58(39-20-47-63-53-28-9-2-10-29-53,40-21-48-64-54-30-11-3-12-31-54)60-44-25-45-61-59(41-22-49-65-55-32-13-4-14-33-55,42-23-50-66-56-34-15-5-16-35-56)43-24-51-67-57-36-17-6-18-37-57/h52-57H,1-51H2. The van der Waals surface area contributed by atoms with Crippen molar-refractivity contribution in [1.29, 1.82) is 0 Å². The summed E-state index contributed by atoms with van der Waals surface area (Å²) >= 11 is 14.0. The maximum atomic E-state index is 7.50. The van der Waals surface area contributed by atoms with E-state index in [0.717, 1.165) is 51.1 Å². The van der Waals surface area contributed by atoms with Crippen molar-refractivity contribution < 1.29 is 9.47 Å². The molecule has 6 aliphatic carbocycles. The first kappa shape index (κ1) is 58.3. The smallest absolute Gasteiger partial charge is 0.0683 e. The van der Waals surface area contributed by atoms with Gasteiger partial charge in [-0.15, -0.1) is 0 Å². The highest BCUT2D eigenvalue weighted by Gasteiger charge is 2.33. The van der Waals surface area contributed by atoms with Gasteiger partial charge in [0.25, 0.3) is 0 Å². The zero-order chi connectivity index (χ0) is 46.2. The normalized spacial score (nSPS) is 22.2. The molecule has 6 saturated carbocycles. The molecular formula is C59H108O2S6. The second-order valence-corrected chi connectivity index (χ2v) is 31.3. The van der Waals surface area contributed by atoms with Crippen molar-refractivity contribution in [3.05, 3.63) is 0 Å². The number of thioether (sulfide) groups is 6. The molecule has 0 aliphatic heterocycles. The summed E-state index contributed by atoms with van der Waals surface area (Å²) in [5, 5.41) is 5.52. The third-order valence-corrected chi connectivity index (χ3v) is 26.0. The van der Waals surface area contributed by atoms with Gasteiger partial charge in [-0.25, -0.2) is 0 Å². The van der Waals surface area contributed by atoms with Gasteiger partial charge in [-0.2, -0.15) is 70.6 Å². The van der Waals surface area contributed by atoms with Gasteiger partial charge in [-0.05, 0) is 195 Å². The van der Waals surface area contributed by atoms with Crippen molar-refractivity contribution >= 4 is 70.6 Å². The minimum atomic E-state index is 0.0491. The Morgan fingerprint density at radius 2 is 0.418 bits per heavy atom. The molecule has 2 nitrogen and oxygen atoms in total. The summed E-state index contributed by atoms with van der Waals surface area (Å²) in [7, 11) is 0. The highest BCUT2D eigenvalue weighted by Crippen LogP contribution is 2.40. The molecule has 0 aromatic rings. The molecule has 392 valence electrons. The Bertz CT molecular complexity index is 937. The van der Waals surface area contributed by atoms with Crippen molar-refractivity contribution in [3.8, 4) is 0 Å². The molecular weight excluding hydrogens is 933 g/mol. The van der Waals surface area contributed by atoms with Gasteiger partial charge >= 0.3 is 0 Å². The van der Waals surface area contributed by atoms with Crippen LogP contribution in [0.3, 0.4) is 0 Å². The second kappa shape index (κ2) is 36.9. The SMILES string of the molecule is C1CCC(SCCCC(CCCSC2CCCCC2)(CCCSC2CCCCC2)OCCCOC(CCCSC2CCCCC2)(CCCSC2CCCCC2)CCCSC2CCCCC2)CC1. The molecule has 0 aromatic carbocycles. The molecule has 0 aromatic heterocycles. The van der Waals surface area contributed by atoms with Crippen LogP contribution in [-0.4, -0.2) is 90.4 Å². The van der Waals surface area contributed by atoms with Gasteiger partial charge in [-0.1, -0.05) is 116 Å². The van der Waals surface area contributed by atoms with Crippen molar-refractivity contribution in [2.24, 2.45) is 0 Å². The predicted molar refractivity (Wildman–Crippen MR) is 313 cm³/mol. The predicted octanol–water partition coefficient (Wildman–Crippen LogP) is 20.0. The van der Waals surface area contributed by atoms with Crippen molar-refractivity contribution in [3.63, 3.8) is 0 Å². The molecule has 0 unspecified atom stereocenters. The molecule has 0 spiro atoms. The van der Waals surface area contributed by atoms with E-state index in [1.807, 2.05) is 0 Å². The van der Waals surface area contributed by atoms with Crippen LogP contribution < -0.4 is 0 Å². The summed E-state index contributed by atoms with van der Waals surface area (Å²) in [6.45, 7) is 1.79. The molecule has 0 saturated heterocycles. The number of hydrogen-bond acceptors (Lipinski definition) is 8. The zero-order valence-electron chi connectivity index (χ0n) is 43.8. The lowest BCUT2D eigenvalue weighted by Gasteiger charge is -2.37. The Kier molecular flexibility index (Phi) is 32.1. The van der Waals surface area contributed by atoms with Crippen molar-refractivity contribution in [1.82, 2.24) is 0 Å². The van der Waals surface area contributed by atoms with E-state index in [4.69, 9.17) is 9.47 Å². The van der Waals surface area contributed by atoms with Crippen molar-refractivity contribution in [2.45, 2.75) is 319 Å². The largest absolute Gasteiger partial charge is 0.375 e. The summed E-state index contributed by atoms with van der Waals surface area (Å²) in [5.41, 5.74) is 0.0982. The molecule has 6 aliphatic rings. The van der Waals surface area contributed by atoms with E-state index in [2.05, 4.69) is 70.6 Å². The monoisotopic (exact) mass is 1040 g/mol. The molecule has 6 fully saturated rings. The number of hydrogen-bond donors (Lipinski definition) is 0. The summed E-state index contributed by atoms with van der Waals surface area (Å²) in [5.74, 6) is 8.04. The van der Waals surface area contributed by atoms with Gasteiger partial charge in [0.05, 0.1) is 11.2 Å². The third kappa shape index (κ3) is 25.4. The van der Waals surface area contributed by atoms with E-state index in [9.17, 15) is 0 Å². The van der Waals surface area contributed by atoms with Crippen LogP contribution in [0.25, 0.3) is 0 Å². The Labute approximate surface area is 443 Å². The first-order chi connectivity index (χ1) is 33.2. The molecule has 8 heteroatoms. The highest BCUT2D eigenvalue weighted by atomic mass is 32.2. The minimum absolute atomic E-state index is 0.0491. The maximum Gasteiger partial charge on any atom is 0.0683 e. The van der Waals surface area contributed by atoms with E-state index < -0.39 is 0 Å². The summed E-state index contributed by atoms with van der Waals surface area (Å²) < 4.78 is 15.0. The van der Waals surface area contributed by atoms with Crippen LogP contribution in [0.15, 0.2) is 0 Å². The third-order valence-electron chi connectivity index (χ3n) is 17.2. The fraction of sp³-hybridized carbons (Fsp3) is 1.00. The average molecular weight is 1040 g/mol. The second-order valence-electron chi connectivity index (χ2n) is 22.8. The van der Waals surface area contributed by atoms with E-state index in [1.54, 1.807) is 0 Å². The van der Waals surface area contributed by atoms with Crippen LogP contribution >= 0.6 is 70.6 Å². The molecule has 0 N–H and O–H groups in total. The first-order valence-corrected chi connectivity index (χ1v) is 36.4. The Balaban J connectivity index is 1.07. The van der Waals surface area contributed by atoms with E-state index in [0.29, 0.717) is 0 Å². The van der Waals surface area contributed by atoms with Gasteiger partial charge < -0.3 is 9.47 Å². The number of rotatable bonds is 36. The Morgan fingerprint density at radius 1 is 0.239 bits per heavy atom. The van der Waals surface area contributed by atoms with Crippen LogP contribution in [0.5, 0.6) is 0 Å². The van der Waals surface area contributed by atoms with E-state index in [1.165, 1.54) is 304 Å². The lowest BCUT2D eigenvalue weighted by molar-refractivity contribution is -0.0937. The van der Waals surface area contributed by atoms with Crippen LogP contribution in [0.4, 0.5) is 0 Å². The summed E-state index contributed by atoms with van der Waals surface area (Å²) in [6.07, 6.45) is 60.6. The fourth-order valence-electron chi connectivity index (χ4n) is 13.1. The first-order valence-electron chi connectivity index (χ1n) is 30.2. The average Bonchev–Trinajstić information content (AvgIpc) is 3.39. The van der Waals surface area contributed by atoms with E-state index in [-0.39, 0.29) is 11.2 Å². The van der Waals surface area contributed by atoms with E-state index >= 15 is 0 Å². The summed E-state index contributed by atoms with van der Waals surface area (Å²) in [4.78, 5) is 0.